The Balaban J connectivity index is 1.49. The molecule has 1 fully saturated rings. The van der Waals surface area contributed by atoms with Crippen molar-refractivity contribution in [3.05, 3.63) is 65.5 Å². The normalized spacial score (nSPS) is 15.5. The molecule has 0 radical (unpaired) electrons. The second kappa shape index (κ2) is 7.71. The maximum Gasteiger partial charge on any atom is 0.213 e. The summed E-state index contributed by atoms with van der Waals surface area (Å²) in [6.07, 6.45) is 3.53. The molecule has 0 amide bonds. The van der Waals surface area contributed by atoms with Crippen molar-refractivity contribution >= 4 is 22.5 Å². The fourth-order valence-corrected chi connectivity index (χ4v) is 4.62. The van der Waals surface area contributed by atoms with Crippen molar-refractivity contribution in [3.63, 3.8) is 0 Å². The van der Waals surface area contributed by atoms with E-state index in [9.17, 15) is 0 Å². The van der Waals surface area contributed by atoms with E-state index in [2.05, 4.69) is 88.8 Å². The lowest BCUT2D eigenvalue weighted by molar-refractivity contribution is 0.400. The molecule has 5 nitrogen and oxygen atoms in total. The third-order valence-electron chi connectivity index (χ3n) is 6.28. The lowest BCUT2D eigenvalue weighted by atomic mass is 9.90. The van der Waals surface area contributed by atoms with E-state index in [1.165, 1.54) is 30.4 Å². The highest BCUT2D eigenvalue weighted by Gasteiger charge is 2.25. The number of nitrogens with zero attached hydrogens (tertiary/aromatic N) is 5. The lowest BCUT2D eigenvalue weighted by Crippen LogP contribution is -2.36. The van der Waals surface area contributed by atoms with Crippen LogP contribution in [-0.4, -0.2) is 32.7 Å². The monoisotopic (exact) mass is 399 g/mol. The van der Waals surface area contributed by atoms with Crippen LogP contribution in [0.3, 0.4) is 0 Å². The van der Waals surface area contributed by atoms with Gasteiger partial charge in [-0.25, -0.2) is 9.38 Å². The van der Waals surface area contributed by atoms with Crippen LogP contribution in [0.2, 0.25) is 0 Å². The van der Waals surface area contributed by atoms with Crippen molar-refractivity contribution in [1.82, 2.24) is 19.6 Å². The van der Waals surface area contributed by atoms with E-state index in [1.807, 2.05) is 0 Å². The van der Waals surface area contributed by atoms with Crippen molar-refractivity contribution in [2.75, 3.05) is 18.0 Å². The summed E-state index contributed by atoms with van der Waals surface area (Å²) in [5.74, 6) is 3.00. The Kier molecular flexibility index (Phi) is 4.89. The van der Waals surface area contributed by atoms with E-state index < -0.39 is 0 Å². The van der Waals surface area contributed by atoms with Gasteiger partial charge in [-0.15, -0.1) is 10.2 Å². The van der Waals surface area contributed by atoms with Gasteiger partial charge in [0, 0.05) is 24.4 Å². The molecular weight excluding hydrogens is 370 g/mol. The third-order valence-corrected chi connectivity index (χ3v) is 6.28. The van der Waals surface area contributed by atoms with Gasteiger partial charge < -0.3 is 4.90 Å². The van der Waals surface area contributed by atoms with Crippen molar-refractivity contribution < 1.29 is 0 Å². The molecule has 0 N–H and O–H groups in total. The van der Waals surface area contributed by atoms with Gasteiger partial charge in [-0.05, 0) is 49.8 Å². The number of hydrogen-bond donors (Lipinski definition) is 0. The fourth-order valence-electron chi connectivity index (χ4n) is 4.62. The maximum atomic E-state index is 5.10. The van der Waals surface area contributed by atoms with Gasteiger partial charge in [-0.2, -0.15) is 0 Å². The number of benzene rings is 2. The second-order valence-corrected chi connectivity index (χ2v) is 8.92. The zero-order valence-electron chi connectivity index (χ0n) is 18.0. The molecule has 0 unspecified atom stereocenters. The number of fused-ring (bicyclic) bond motifs is 3. The van der Waals surface area contributed by atoms with Gasteiger partial charge in [0.05, 0.1) is 5.52 Å². The smallest absolute Gasteiger partial charge is 0.213 e. The summed E-state index contributed by atoms with van der Waals surface area (Å²) < 4.78 is 2.20. The summed E-state index contributed by atoms with van der Waals surface area (Å²) >= 11 is 0. The Bertz CT molecular complexity index is 1170. The fraction of sp³-hybridized carbons (Fsp3) is 0.400. The van der Waals surface area contributed by atoms with Crippen molar-refractivity contribution in [3.8, 4) is 0 Å². The first-order chi connectivity index (χ1) is 14.6. The van der Waals surface area contributed by atoms with Crippen molar-refractivity contribution in [1.29, 1.82) is 0 Å². The van der Waals surface area contributed by atoms with E-state index in [0.29, 0.717) is 5.92 Å². The standard InChI is InChI=1S/C25H29N5/c1-17(2)23-27-28-24-21-15-18(3)9-10-22(21)26-25(30(23)24)29-13-11-20(12-14-29)16-19-7-5-4-6-8-19/h4-10,15,17,20H,11-14,16H2,1-3H3. The van der Waals surface area contributed by atoms with E-state index >= 15 is 0 Å². The van der Waals surface area contributed by atoms with Gasteiger partial charge in [-0.3, -0.25) is 0 Å². The molecule has 0 atom stereocenters. The summed E-state index contributed by atoms with van der Waals surface area (Å²) in [4.78, 5) is 7.53. The Morgan fingerprint density at radius 1 is 1.00 bits per heavy atom. The van der Waals surface area contributed by atoms with Gasteiger partial charge in [0.25, 0.3) is 0 Å². The molecule has 154 valence electrons. The number of aromatic nitrogens is 4. The zero-order chi connectivity index (χ0) is 20.7. The van der Waals surface area contributed by atoms with Crippen molar-refractivity contribution in [2.24, 2.45) is 5.92 Å². The van der Waals surface area contributed by atoms with Gasteiger partial charge in [-0.1, -0.05) is 55.8 Å². The molecular formula is C25H29N5. The van der Waals surface area contributed by atoms with Gasteiger partial charge in [0.15, 0.2) is 5.65 Å². The van der Waals surface area contributed by atoms with E-state index in [4.69, 9.17) is 4.98 Å². The summed E-state index contributed by atoms with van der Waals surface area (Å²) in [7, 11) is 0. The number of hydrogen-bond acceptors (Lipinski definition) is 4. The van der Waals surface area contributed by atoms with Crippen LogP contribution >= 0.6 is 0 Å². The Morgan fingerprint density at radius 3 is 2.50 bits per heavy atom. The first kappa shape index (κ1) is 19.0. The second-order valence-electron chi connectivity index (χ2n) is 8.92. The molecule has 1 aliphatic rings. The van der Waals surface area contributed by atoms with Crippen LogP contribution in [0.1, 0.15) is 49.6 Å². The molecule has 4 aromatic rings. The SMILES string of the molecule is Cc1ccc2nc(N3CCC(Cc4ccccc4)CC3)n3c(C(C)C)nnc3c2c1. The van der Waals surface area contributed by atoms with E-state index in [1.54, 1.807) is 0 Å². The average Bonchev–Trinajstić information content (AvgIpc) is 3.21. The van der Waals surface area contributed by atoms with Crippen LogP contribution in [0.4, 0.5) is 5.95 Å². The topological polar surface area (TPSA) is 46.3 Å². The third kappa shape index (κ3) is 3.42. The molecule has 1 aliphatic heterocycles. The molecule has 0 aliphatic carbocycles. The van der Waals surface area contributed by atoms with Crippen molar-refractivity contribution in [2.45, 2.75) is 46.0 Å². The largest absolute Gasteiger partial charge is 0.342 e. The first-order valence-electron chi connectivity index (χ1n) is 11.0. The number of rotatable bonds is 4. The van der Waals surface area contributed by atoms with Gasteiger partial charge in [0.1, 0.15) is 5.82 Å². The van der Waals surface area contributed by atoms with Gasteiger partial charge >= 0.3 is 0 Å². The quantitative estimate of drug-likeness (QED) is 0.475. The van der Waals surface area contributed by atoms with Gasteiger partial charge in [0.2, 0.25) is 5.95 Å². The minimum absolute atomic E-state index is 0.290. The molecule has 5 rings (SSSR count). The van der Waals surface area contributed by atoms with Crippen LogP contribution in [0.25, 0.3) is 16.6 Å². The maximum absolute atomic E-state index is 5.10. The number of aryl methyl sites for hydroxylation is 1. The molecule has 2 aromatic carbocycles. The average molecular weight is 400 g/mol. The van der Waals surface area contributed by atoms with Crippen LogP contribution in [0.5, 0.6) is 0 Å². The number of piperidine rings is 1. The van der Waals surface area contributed by atoms with E-state index in [0.717, 1.165) is 47.3 Å². The Morgan fingerprint density at radius 2 is 1.77 bits per heavy atom. The molecule has 0 spiro atoms. The van der Waals surface area contributed by atoms with Crippen LogP contribution in [-0.2, 0) is 6.42 Å². The lowest BCUT2D eigenvalue weighted by Gasteiger charge is -2.33. The molecule has 30 heavy (non-hydrogen) atoms. The highest BCUT2D eigenvalue weighted by molar-refractivity contribution is 5.93. The molecule has 0 bridgehead atoms. The van der Waals surface area contributed by atoms with Crippen LogP contribution in [0, 0.1) is 12.8 Å². The molecule has 0 saturated carbocycles. The van der Waals surface area contributed by atoms with E-state index in [-0.39, 0.29) is 0 Å². The summed E-state index contributed by atoms with van der Waals surface area (Å²) in [5.41, 5.74) is 4.58. The minimum atomic E-state index is 0.290. The first-order valence-corrected chi connectivity index (χ1v) is 11.0. The molecule has 5 heteroatoms. The molecule has 1 saturated heterocycles. The predicted octanol–water partition coefficient (Wildman–Crippen LogP) is 5.17. The Labute approximate surface area is 177 Å². The minimum Gasteiger partial charge on any atom is -0.342 e. The highest BCUT2D eigenvalue weighted by atomic mass is 15.4. The summed E-state index contributed by atoms with van der Waals surface area (Å²) in [5, 5.41) is 10.2. The number of anilines is 1. The zero-order valence-corrected chi connectivity index (χ0v) is 18.0. The van der Waals surface area contributed by atoms with Crippen LogP contribution < -0.4 is 4.90 Å². The predicted molar refractivity (Wildman–Crippen MR) is 122 cm³/mol. The Hall–Kier alpha value is -2.95. The highest BCUT2D eigenvalue weighted by Crippen LogP contribution is 2.30. The van der Waals surface area contributed by atoms with Crippen LogP contribution in [0.15, 0.2) is 48.5 Å². The molecule has 2 aromatic heterocycles. The summed E-state index contributed by atoms with van der Waals surface area (Å²) in [6.45, 7) is 8.50. The molecule has 3 heterocycles. The summed E-state index contributed by atoms with van der Waals surface area (Å²) in [6, 6.07) is 17.3.